The SMILES string of the molecule is [2H]C1C=CN(c2ccc3c(c2)c(C)cn3C2CCN(CC3(F)CCN(C(=O)c4ccc(C5CCCN(c6cc(-c7ccccc7O)nnc6N)C5)c(F)c4)CC3)CC2)[C@@H]([2H])N1. The minimum absolute atomic E-state index is 0.0923. The number of anilines is 3. The van der Waals surface area contributed by atoms with E-state index in [1.807, 2.05) is 23.1 Å². The van der Waals surface area contributed by atoms with Gasteiger partial charge in [-0.2, -0.15) is 0 Å². The number of aromatic nitrogens is 3. The summed E-state index contributed by atoms with van der Waals surface area (Å²) in [5.74, 6) is -0.495. The third-order valence-electron chi connectivity index (χ3n) is 12.8. The van der Waals surface area contributed by atoms with E-state index in [1.165, 1.54) is 11.6 Å². The van der Waals surface area contributed by atoms with Crippen LogP contribution in [0.5, 0.6) is 5.75 Å². The van der Waals surface area contributed by atoms with Gasteiger partial charge in [-0.05, 0) is 92.3 Å². The van der Waals surface area contributed by atoms with Gasteiger partial charge >= 0.3 is 0 Å². The van der Waals surface area contributed by atoms with Crippen LogP contribution < -0.4 is 20.9 Å². The van der Waals surface area contributed by atoms with Crippen LogP contribution in [0.1, 0.15) is 74.7 Å². The zero-order chi connectivity index (χ0) is 42.4. The standard InChI is InChI=1S/C46H53F2N9O2/c1-31-27-57(41-12-10-35(25-38(31)41)56-19-5-17-50-30-56)34-13-20-53(21-14-34)29-46(48)15-22-54(23-16-46)45(59)32-9-11-36(39(47)24-32)33-6-4-18-55(28-33)42-26-40(51-52-44(42)49)37-7-2-3-8-43(37)58/h2-3,5,7-12,19,24-27,33-34,50,58H,4,6,13-18,20-23,28-30H2,1H3,(H2,49,52)/i17D,30D/t17?,30-,33?/m0/s1. The van der Waals surface area contributed by atoms with Crippen LogP contribution in [0.15, 0.2) is 85.2 Å². The lowest BCUT2D eigenvalue weighted by molar-refractivity contribution is 0.0158. The lowest BCUT2D eigenvalue weighted by Crippen LogP contribution is -2.51. The van der Waals surface area contributed by atoms with E-state index in [1.54, 1.807) is 47.5 Å². The normalized spacial score (nSPS) is 23.4. The third-order valence-corrected chi connectivity index (χ3v) is 12.8. The van der Waals surface area contributed by atoms with Gasteiger partial charge in [0.25, 0.3) is 5.91 Å². The highest BCUT2D eigenvalue weighted by Crippen LogP contribution is 2.38. The maximum atomic E-state index is 16.4. The number of nitrogens with zero attached hydrogens (tertiary/aromatic N) is 7. The van der Waals surface area contributed by atoms with Crippen LogP contribution >= 0.6 is 0 Å². The Morgan fingerprint density at radius 3 is 2.61 bits per heavy atom. The lowest BCUT2D eigenvalue weighted by Gasteiger charge is -2.41. The van der Waals surface area contributed by atoms with Crippen molar-refractivity contribution in [1.29, 1.82) is 0 Å². The molecule has 0 saturated carbocycles. The Morgan fingerprint density at radius 2 is 1.83 bits per heavy atom. The number of amides is 1. The minimum atomic E-state index is -1.40. The maximum Gasteiger partial charge on any atom is 0.253 e. The van der Waals surface area contributed by atoms with Crippen LogP contribution in [-0.2, 0) is 0 Å². The van der Waals surface area contributed by atoms with Gasteiger partial charge in [0.1, 0.15) is 17.2 Å². The third kappa shape index (κ3) is 7.97. The van der Waals surface area contributed by atoms with Crippen molar-refractivity contribution in [2.24, 2.45) is 0 Å². The molecule has 9 rings (SSSR count). The number of hydrogen-bond donors (Lipinski definition) is 3. The van der Waals surface area contributed by atoms with Crippen LogP contribution in [0.3, 0.4) is 0 Å². The summed E-state index contributed by atoms with van der Waals surface area (Å²) in [6.45, 7) is 4.47. The van der Waals surface area contributed by atoms with Crippen molar-refractivity contribution < 1.29 is 21.4 Å². The molecule has 0 spiro atoms. The molecule has 1 amide bonds. The number of phenolic OH excluding ortho intramolecular Hbond substituents is 1. The van der Waals surface area contributed by atoms with E-state index < -0.39 is 24.7 Å². The first-order valence-corrected chi connectivity index (χ1v) is 20.8. The predicted octanol–water partition coefficient (Wildman–Crippen LogP) is 7.38. The highest BCUT2D eigenvalue weighted by Gasteiger charge is 2.39. The lowest BCUT2D eigenvalue weighted by atomic mass is 9.89. The molecule has 0 aliphatic carbocycles. The number of aryl methyl sites for hydroxylation is 1. The fraction of sp³-hybridized carbons (Fsp3) is 0.413. The first-order valence-electron chi connectivity index (χ1n) is 21.9. The number of fused-ring (bicyclic) bond motifs is 1. The molecule has 0 bridgehead atoms. The number of phenols is 1. The number of hydrogen-bond acceptors (Lipinski definition) is 9. The Kier molecular flexibility index (Phi) is 10.1. The van der Waals surface area contributed by atoms with Gasteiger partial charge < -0.3 is 35.0 Å². The number of para-hydroxylation sites is 1. The zero-order valence-corrected chi connectivity index (χ0v) is 33.4. The highest BCUT2D eigenvalue weighted by atomic mass is 19.1. The van der Waals surface area contributed by atoms with E-state index in [0.717, 1.165) is 55.4 Å². The first-order chi connectivity index (χ1) is 29.4. The second kappa shape index (κ2) is 16.3. The number of carbonyl (C=O) groups is 1. The van der Waals surface area contributed by atoms with E-state index in [0.29, 0.717) is 48.2 Å². The fourth-order valence-corrected chi connectivity index (χ4v) is 9.51. The molecular weight excluding hydrogens is 749 g/mol. The molecule has 4 aliphatic heterocycles. The Bertz CT molecular complexity index is 2450. The second-order valence-electron chi connectivity index (χ2n) is 16.6. The first kappa shape index (κ1) is 36.5. The number of nitrogen functional groups attached to an aromatic ring is 1. The summed E-state index contributed by atoms with van der Waals surface area (Å²) in [7, 11) is 0. The molecule has 3 fully saturated rings. The number of alkyl halides is 1. The van der Waals surface area contributed by atoms with Gasteiger partial charge in [0.15, 0.2) is 5.82 Å². The van der Waals surface area contributed by atoms with Crippen LogP contribution in [0.25, 0.3) is 22.2 Å². The molecule has 0 radical (unpaired) electrons. The molecule has 3 atom stereocenters. The van der Waals surface area contributed by atoms with Crippen molar-refractivity contribution in [3.63, 3.8) is 0 Å². The number of likely N-dealkylation sites (tertiary alicyclic amines) is 2. The van der Waals surface area contributed by atoms with Crippen molar-refractivity contribution in [3.05, 3.63) is 108 Å². The van der Waals surface area contributed by atoms with Gasteiger partial charge in [-0.1, -0.05) is 24.3 Å². The Labute approximate surface area is 346 Å². The van der Waals surface area contributed by atoms with E-state index in [4.69, 9.17) is 8.48 Å². The average Bonchev–Trinajstić information content (AvgIpc) is 3.59. The van der Waals surface area contributed by atoms with Crippen molar-refractivity contribution in [2.75, 3.05) is 74.5 Å². The molecule has 6 heterocycles. The Morgan fingerprint density at radius 1 is 1.02 bits per heavy atom. The summed E-state index contributed by atoms with van der Waals surface area (Å²) in [6.07, 6.45) is 9.60. The smallest absolute Gasteiger partial charge is 0.253 e. The van der Waals surface area contributed by atoms with E-state index in [9.17, 15) is 9.90 Å². The molecule has 3 saturated heterocycles. The summed E-state index contributed by atoms with van der Waals surface area (Å²) >= 11 is 0. The number of rotatable bonds is 8. The summed E-state index contributed by atoms with van der Waals surface area (Å²) in [4.78, 5) is 21.4. The van der Waals surface area contributed by atoms with E-state index in [2.05, 4.69) is 55.1 Å². The average molecular weight is 804 g/mol. The quantitative estimate of drug-likeness (QED) is 0.148. The number of piperidine rings is 3. The Balaban J connectivity index is 0.782. The molecule has 13 heteroatoms. The number of aromatic hydroxyl groups is 1. The zero-order valence-electron chi connectivity index (χ0n) is 35.4. The van der Waals surface area contributed by atoms with Crippen LogP contribution in [0.2, 0.25) is 0 Å². The van der Waals surface area contributed by atoms with Crippen LogP contribution in [-0.4, -0.2) is 100 Å². The molecule has 308 valence electrons. The molecule has 2 aromatic heterocycles. The summed E-state index contributed by atoms with van der Waals surface area (Å²) in [6, 6.07) is 20.0. The van der Waals surface area contributed by atoms with Crippen molar-refractivity contribution in [1.82, 2.24) is 29.9 Å². The minimum Gasteiger partial charge on any atom is -0.507 e. The second-order valence-corrected chi connectivity index (χ2v) is 16.6. The monoisotopic (exact) mass is 803 g/mol. The molecule has 59 heavy (non-hydrogen) atoms. The number of nitrogens with one attached hydrogen (secondary N) is 1. The van der Waals surface area contributed by atoms with Crippen LogP contribution in [0.4, 0.5) is 26.0 Å². The van der Waals surface area contributed by atoms with Gasteiger partial charge in [0.05, 0.1) is 19.4 Å². The summed E-state index contributed by atoms with van der Waals surface area (Å²) < 4.78 is 50.8. The van der Waals surface area contributed by atoms with Crippen LogP contribution in [0, 0.1) is 12.7 Å². The van der Waals surface area contributed by atoms with Gasteiger partial charge in [-0.15, -0.1) is 10.2 Å². The molecule has 3 aromatic carbocycles. The fourth-order valence-electron chi connectivity index (χ4n) is 9.51. The molecule has 5 aromatic rings. The summed E-state index contributed by atoms with van der Waals surface area (Å²) in [5, 5.41) is 22.8. The number of carbonyl (C=O) groups excluding carboxylic acids is 1. The van der Waals surface area contributed by atoms with E-state index >= 15 is 8.78 Å². The van der Waals surface area contributed by atoms with Gasteiger partial charge in [0.2, 0.25) is 0 Å². The maximum absolute atomic E-state index is 16.4. The largest absolute Gasteiger partial charge is 0.507 e. The predicted molar refractivity (Wildman–Crippen MR) is 229 cm³/mol. The van der Waals surface area contributed by atoms with Gasteiger partial charge in [-0.25, -0.2) is 8.78 Å². The summed E-state index contributed by atoms with van der Waals surface area (Å²) in [5.41, 5.74) is 10.6. The van der Waals surface area contributed by atoms with Crippen molar-refractivity contribution >= 4 is 34.0 Å². The molecule has 4 aliphatic rings. The van der Waals surface area contributed by atoms with Gasteiger partial charge in [0, 0.05) is 119 Å². The Hall–Kier alpha value is -5.53. The molecule has 4 N–H and O–H groups in total. The van der Waals surface area contributed by atoms with Crippen molar-refractivity contribution in [2.45, 2.75) is 63.1 Å². The number of benzene rings is 3. The molecular formula is C46H53F2N9O2. The number of nitrogens with two attached hydrogens (primary N) is 1. The molecule has 11 nitrogen and oxygen atoms in total. The molecule has 2 unspecified atom stereocenters. The topological polar surface area (TPSA) is 119 Å². The number of halogens is 2. The highest BCUT2D eigenvalue weighted by molar-refractivity contribution is 5.94. The van der Waals surface area contributed by atoms with Gasteiger partial charge in [-0.3, -0.25) is 10.1 Å². The van der Waals surface area contributed by atoms with E-state index in [-0.39, 0.29) is 54.9 Å². The van der Waals surface area contributed by atoms with Crippen molar-refractivity contribution in [3.8, 4) is 17.0 Å².